The molecule has 2 atom stereocenters. The van der Waals surface area contributed by atoms with Crippen molar-refractivity contribution in [1.82, 2.24) is 25.7 Å². The Morgan fingerprint density at radius 2 is 1.52 bits per heavy atom. The van der Waals surface area contributed by atoms with Gasteiger partial charge in [-0.1, -0.05) is 70.3 Å². The van der Waals surface area contributed by atoms with Gasteiger partial charge in [-0.05, 0) is 62.3 Å². The van der Waals surface area contributed by atoms with Gasteiger partial charge in [0.25, 0.3) is 5.91 Å². The van der Waals surface area contributed by atoms with Crippen molar-refractivity contribution >= 4 is 23.4 Å². The van der Waals surface area contributed by atoms with Crippen LogP contribution in [-0.4, -0.2) is 58.3 Å². The van der Waals surface area contributed by atoms with E-state index in [1.54, 1.807) is 16.9 Å². The molecule has 4 N–H and O–H groups in total. The summed E-state index contributed by atoms with van der Waals surface area (Å²) in [6.45, 7) is 4.36. The van der Waals surface area contributed by atoms with Crippen LogP contribution in [0, 0.1) is 23.6 Å². The molecular weight excluding hydrogens is 628 g/mol. The zero-order valence-corrected chi connectivity index (χ0v) is 28.0. The second-order valence-electron chi connectivity index (χ2n) is 14.2. The Balaban J connectivity index is 1.39. The molecule has 1 saturated heterocycles. The molecule has 3 amide bonds. The summed E-state index contributed by atoms with van der Waals surface area (Å²) in [5, 5.41) is 14.7. The Labute approximate surface area is 279 Å². The lowest BCUT2D eigenvalue weighted by Crippen LogP contribution is -2.76. The van der Waals surface area contributed by atoms with Crippen LogP contribution in [0.5, 0.6) is 0 Å². The number of rotatable bonds is 11. The summed E-state index contributed by atoms with van der Waals surface area (Å²) in [4.78, 5) is 40.8. The Hall–Kier alpha value is -3.48. The number of benzene rings is 1. The zero-order valence-electron chi connectivity index (χ0n) is 28.0. The van der Waals surface area contributed by atoms with Crippen molar-refractivity contribution in [3.63, 3.8) is 0 Å². The van der Waals surface area contributed by atoms with Crippen molar-refractivity contribution in [3.8, 4) is 0 Å². The normalized spacial score (nSPS) is 20.2. The number of carbonyl (C=O) groups excluding carboxylic acids is 3. The lowest BCUT2D eigenvalue weighted by molar-refractivity contribution is -0.211. The van der Waals surface area contributed by atoms with Gasteiger partial charge in [0, 0.05) is 25.3 Å². The first-order valence-corrected chi connectivity index (χ1v) is 17.4. The van der Waals surface area contributed by atoms with E-state index in [1.165, 1.54) is 19.1 Å². The van der Waals surface area contributed by atoms with Crippen LogP contribution in [0.2, 0.25) is 0 Å². The third kappa shape index (κ3) is 7.71. The van der Waals surface area contributed by atoms with Crippen molar-refractivity contribution in [3.05, 3.63) is 47.5 Å². The van der Waals surface area contributed by atoms with Crippen LogP contribution in [0.15, 0.2) is 30.5 Å². The van der Waals surface area contributed by atoms with Gasteiger partial charge in [-0.15, -0.1) is 0 Å². The number of hydrogen-bond donors (Lipinski definition) is 4. The van der Waals surface area contributed by atoms with E-state index in [1.807, 2.05) is 13.8 Å². The van der Waals surface area contributed by atoms with Crippen molar-refractivity contribution in [2.75, 3.05) is 18.4 Å². The van der Waals surface area contributed by atoms with Gasteiger partial charge in [-0.2, -0.15) is 18.3 Å². The van der Waals surface area contributed by atoms with E-state index in [4.69, 9.17) is 0 Å². The Kier molecular flexibility index (Phi) is 11.2. The zero-order chi connectivity index (χ0) is 34.6. The summed E-state index contributed by atoms with van der Waals surface area (Å²) < 4.78 is 58.0. The average molecular weight is 677 g/mol. The maximum Gasteiger partial charge on any atom is 0.414 e. The SMILES string of the molecule is CC(C)n1nccc1C(=O)N[C@H](C(=O)Nc1ccc([C@H](C)C(=O)NC2(C(F)(F)F)CNC2)cc1F)C(C1CCCCC1)C1CCCCC1. The molecule has 264 valence electrons. The van der Waals surface area contributed by atoms with Crippen LogP contribution in [0.4, 0.5) is 23.2 Å². The van der Waals surface area contributed by atoms with Crippen molar-refractivity contribution in [1.29, 1.82) is 0 Å². The molecule has 0 radical (unpaired) electrons. The fourth-order valence-electron chi connectivity index (χ4n) is 7.77. The van der Waals surface area contributed by atoms with E-state index in [-0.39, 0.29) is 35.0 Å². The number of anilines is 1. The van der Waals surface area contributed by atoms with Crippen molar-refractivity contribution in [2.24, 2.45) is 17.8 Å². The molecule has 13 heteroatoms. The minimum absolute atomic E-state index is 0.0815. The standard InChI is InChI=1S/C35H48F4N6O3/c1-21(2)45-28(16-17-41-45)32(47)43-30(29(23-10-6-4-7-11-23)24-12-8-5-9-13-24)33(48)42-27-15-14-25(18-26(27)36)22(3)31(46)44-34(19-40-20-34)35(37,38)39/h14-18,21-24,29-30,40H,4-13,19-20H2,1-3H3,(H,42,48)(H,43,47)(H,44,46)/t22-,30-/m0/s1. The average Bonchev–Trinajstić information content (AvgIpc) is 3.54. The largest absolute Gasteiger partial charge is 0.414 e. The Morgan fingerprint density at radius 1 is 0.917 bits per heavy atom. The molecule has 9 nitrogen and oxygen atoms in total. The summed E-state index contributed by atoms with van der Waals surface area (Å²) in [5.41, 5.74) is -1.99. The van der Waals surface area contributed by atoms with E-state index >= 15 is 4.39 Å². The molecule has 1 aromatic heterocycles. The van der Waals surface area contributed by atoms with Gasteiger partial charge >= 0.3 is 6.18 Å². The predicted molar refractivity (Wildman–Crippen MR) is 174 cm³/mol. The number of carbonyl (C=O) groups is 3. The second kappa shape index (κ2) is 15.0. The highest BCUT2D eigenvalue weighted by Gasteiger charge is 2.60. The van der Waals surface area contributed by atoms with Gasteiger partial charge in [-0.25, -0.2) is 4.39 Å². The molecule has 2 heterocycles. The first kappa shape index (κ1) is 35.8. The van der Waals surface area contributed by atoms with E-state index in [0.717, 1.165) is 70.3 Å². The quantitative estimate of drug-likeness (QED) is 0.210. The van der Waals surface area contributed by atoms with Gasteiger partial charge in [0.05, 0.1) is 11.6 Å². The minimum Gasteiger partial charge on any atom is -0.339 e. The molecule has 0 bridgehead atoms. The third-order valence-electron chi connectivity index (χ3n) is 10.6. The molecule has 0 unspecified atom stereocenters. The molecule has 0 spiro atoms. The van der Waals surface area contributed by atoms with Gasteiger partial charge in [-0.3, -0.25) is 19.1 Å². The van der Waals surface area contributed by atoms with Gasteiger partial charge in [0.1, 0.15) is 17.6 Å². The number of nitrogens with one attached hydrogen (secondary N) is 4. The number of hydrogen-bond acceptors (Lipinski definition) is 5. The van der Waals surface area contributed by atoms with Crippen LogP contribution in [0.3, 0.4) is 0 Å². The summed E-state index contributed by atoms with van der Waals surface area (Å²) in [7, 11) is 0. The minimum atomic E-state index is -4.64. The van der Waals surface area contributed by atoms with Gasteiger partial charge in [0.2, 0.25) is 11.8 Å². The molecule has 5 rings (SSSR count). The first-order chi connectivity index (χ1) is 22.8. The topological polar surface area (TPSA) is 117 Å². The predicted octanol–water partition coefficient (Wildman–Crippen LogP) is 6.24. The van der Waals surface area contributed by atoms with E-state index in [2.05, 4.69) is 26.4 Å². The van der Waals surface area contributed by atoms with E-state index in [9.17, 15) is 27.6 Å². The fraction of sp³-hybridized carbons (Fsp3) is 0.657. The molecule has 3 aliphatic rings. The van der Waals surface area contributed by atoms with E-state index in [0.29, 0.717) is 5.69 Å². The highest BCUT2D eigenvalue weighted by Crippen LogP contribution is 2.42. The smallest absolute Gasteiger partial charge is 0.339 e. The Morgan fingerprint density at radius 3 is 2.02 bits per heavy atom. The van der Waals surface area contributed by atoms with Crippen LogP contribution in [-0.2, 0) is 9.59 Å². The summed E-state index contributed by atoms with van der Waals surface area (Å²) in [5.74, 6) is -3.42. The fourth-order valence-corrected chi connectivity index (χ4v) is 7.77. The number of halogens is 4. The van der Waals surface area contributed by atoms with E-state index < -0.39 is 60.3 Å². The molecule has 2 saturated carbocycles. The summed E-state index contributed by atoms with van der Waals surface area (Å²) in [6.07, 6.45) is 7.22. The summed E-state index contributed by atoms with van der Waals surface area (Å²) in [6, 6.07) is 4.41. The molecule has 2 aliphatic carbocycles. The van der Waals surface area contributed by atoms with Crippen LogP contribution < -0.4 is 21.3 Å². The number of nitrogens with zero attached hydrogens (tertiary/aromatic N) is 2. The van der Waals surface area contributed by atoms with Crippen molar-refractivity contribution < 1.29 is 31.9 Å². The Bertz CT molecular complexity index is 1430. The summed E-state index contributed by atoms with van der Waals surface area (Å²) >= 11 is 0. The molecular formula is C35H48F4N6O3. The monoisotopic (exact) mass is 676 g/mol. The van der Waals surface area contributed by atoms with Crippen LogP contribution in [0.25, 0.3) is 0 Å². The van der Waals surface area contributed by atoms with Crippen LogP contribution in [0.1, 0.15) is 113 Å². The van der Waals surface area contributed by atoms with Crippen LogP contribution >= 0.6 is 0 Å². The van der Waals surface area contributed by atoms with Gasteiger partial charge < -0.3 is 21.3 Å². The number of alkyl halides is 3. The van der Waals surface area contributed by atoms with Crippen molar-refractivity contribution in [2.45, 2.75) is 115 Å². The number of amides is 3. The van der Waals surface area contributed by atoms with Gasteiger partial charge in [0.15, 0.2) is 5.54 Å². The number of aromatic nitrogens is 2. The second-order valence-corrected chi connectivity index (χ2v) is 14.2. The maximum atomic E-state index is 15.6. The third-order valence-corrected chi connectivity index (χ3v) is 10.6. The first-order valence-electron chi connectivity index (χ1n) is 17.4. The molecule has 2 aromatic rings. The molecule has 3 fully saturated rings. The lowest BCUT2D eigenvalue weighted by atomic mass is 9.66. The lowest BCUT2D eigenvalue weighted by Gasteiger charge is -2.44. The molecule has 48 heavy (non-hydrogen) atoms. The molecule has 1 aliphatic heterocycles. The molecule has 1 aromatic carbocycles. The highest BCUT2D eigenvalue weighted by molar-refractivity contribution is 6.01. The highest BCUT2D eigenvalue weighted by atomic mass is 19.4. The maximum absolute atomic E-state index is 15.6.